The summed E-state index contributed by atoms with van der Waals surface area (Å²) in [6.45, 7) is 0.563. The van der Waals surface area contributed by atoms with Crippen molar-refractivity contribution in [3.8, 4) is 11.5 Å². The Morgan fingerprint density at radius 2 is 1.86 bits per heavy atom. The van der Waals surface area contributed by atoms with Crippen LogP contribution in [0.3, 0.4) is 0 Å². The van der Waals surface area contributed by atoms with E-state index >= 15 is 0 Å². The smallest absolute Gasteiger partial charge is 0.418 e. The Kier molecular flexibility index (Phi) is 4.60. The van der Waals surface area contributed by atoms with E-state index in [-0.39, 0.29) is 24.2 Å². The van der Waals surface area contributed by atoms with E-state index in [1.807, 2.05) is 12.1 Å². The van der Waals surface area contributed by atoms with E-state index in [1.165, 1.54) is 24.4 Å². The Hall–Kier alpha value is -3.56. The van der Waals surface area contributed by atoms with Gasteiger partial charge in [-0.2, -0.15) is 23.3 Å². The topological polar surface area (TPSA) is 81.2 Å². The van der Waals surface area contributed by atoms with Crippen LogP contribution >= 0.6 is 0 Å². The molecule has 0 saturated heterocycles. The third kappa shape index (κ3) is 3.90. The fourth-order valence-electron chi connectivity index (χ4n) is 2.65. The number of benzene rings is 2. The quantitative estimate of drug-likeness (QED) is 0.683. The number of aromatic nitrogens is 3. The van der Waals surface area contributed by atoms with E-state index in [0.717, 1.165) is 11.6 Å². The van der Waals surface area contributed by atoms with Gasteiger partial charge < -0.3 is 20.1 Å². The fourth-order valence-corrected chi connectivity index (χ4v) is 2.65. The Labute approximate surface area is 157 Å². The summed E-state index contributed by atoms with van der Waals surface area (Å²) in [5, 5.41) is 13.3. The van der Waals surface area contributed by atoms with Gasteiger partial charge in [0.1, 0.15) is 0 Å². The molecule has 0 unspecified atom stereocenters. The number of rotatable bonds is 5. The van der Waals surface area contributed by atoms with Crippen molar-refractivity contribution < 1.29 is 22.6 Å². The van der Waals surface area contributed by atoms with Gasteiger partial charge in [0.15, 0.2) is 17.3 Å². The summed E-state index contributed by atoms with van der Waals surface area (Å²) in [5.74, 6) is 1.64. The maximum Gasteiger partial charge on any atom is 0.418 e. The van der Waals surface area contributed by atoms with Crippen LogP contribution in [0.5, 0.6) is 11.5 Å². The first-order valence-corrected chi connectivity index (χ1v) is 8.24. The highest BCUT2D eigenvalue weighted by atomic mass is 19.4. The lowest BCUT2D eigenvalue weighted by Gasteiger charge is -2.14. The van der Waals surface area contributed by atoms with Crippen molar-refractivity contribution in [3.05, 3.63) is 59.8 Å². The van der Waals surface area contributed by atoms with Crippen LogP contribution in [0.15, 0.2) is 48.7 Å². The van der Waals surface area contributed by atoms with E-state index in [0.29, 0.717) is 18.0 Å². The molecule has 0 bridgehead atoms. The molecule has 4 rings (SSSR count). The van der Waals surface area contributed by atoms with Gasteiger partial charge in [-0.15, -0.1) is 5.10 Å². The zero-order valence-electron chi connectivity index (χ0n) is 14.3. The van der Waals surface area contributed by atoms with Crippen molar-refractivity contribution >= 4 is 17.5 Å². The summed E-state index contributed by atoms with van der Waals surface area (Å²) in [5.41, 5.74) is -0.00525. The van der Waals surface area contributed by atoms with Crippen molar-refractivity contribution in [1.82, 2.24) is 15.2 Å². The first kappa shape index (κ1) is 17.8. The fraction of sp³-hybridized carbons (Fsp3) is 0.167. The lowest BCUT2D eigenvalue weighted by Crippen LogP contribution is -2.10. The lowest BCUT2D eigenvalue weighted by atomic mass is 10.1. The lowest BCUT2D eigenvalue weighted by molar-refractivity contribution is -0.136. The molecule has 10 heteroatoms. The van der Waals surface area contributed by atoms with Crippen molar-refractivity contribution in [3.63, 3.8) is 0 Å². The monoisotopic (exact) mass is 389 g/mol. The average Bonchev–Trinajstić information content (AvgIpc) is 3.14. The third-order valence-corrected chi connectivity index (χ3v) is 3.94. The van der Waals surface area contributed by atoms with E-state index in [9.17, 15) is 13.2 Å². The Morgan fingerprint density at radius 1 is 1.04 bits per heavy atom. The molecular formula is C18H14F3N5O2. The summed E-state index contributed by atoms with van der Waals surface area (Å²) in [7, 11) is 0. The van der Waals surface area contributed by atoms with Gasteiger partial charge in [-0.1, -0.05) is 18.2 Å². The highest BCUT2D eigenvalue weighted by Gasteiger charge is 2.33. The SMILES string of the molecule is FC(F)(F)c1ccccc1Nc1cnnc(NCc2ccc3c(c2)OCO3)n1. The Balaban J connectivity index is 1.47. The van der Waals surface area contributed by atoms with Gasteiger partial charge in [0.25, 0.3) is 0 Å². The van der Waals surface area contributed by atoms with Gasteiger partial charge in [0.2, 0.25) is 12.7 Å². The van der Waals surface area contributed by atoms with Gasteiger partial charge in [0, 0.05) is 6.54 Å². The predicted molar refractivity (Wildman–Crippen MR) is 94.4 cm³/mol. The van der Waals surface area contributed by atoms with Crippen LogP contribution in [0.2, 0.25) is 0 Å². The number of nitrogens with zero attached hydrogens (tertiary/aromatic N) is 3. The molecule has 0 saturated carbocycles. The summed E-state index contributed by atoms with van der Waals surface area (Å²) >= 11 is 0. The molecule has 144 valence electrons. The Bertz CT molecular complexity index is 997. The molecule has 7 nitrogen and oxygen atoms in total. The molecule has 0 fully saturated rings. The minimum Gasteiger partial charge on any atom is -0.454 e. The molecule has 1 aliphatic heterocycles. The molecular weight excluding hydrogens is 375 g/mol. The van der Waals surface area contributed by atoms with Gasteiger partial charge in [-0.3, -0.25) is 0 Å². The first-order valence-electron chi connectivity index (χ1n) is 8.24. The number of para-hydroxylation sites is 1. The van der Waals surface area contributed by atoms with Crippen molar-refractivity contribution in [2.24, 2.45) is 0 Å². The predicted octanol–water partition coefficient (Wildman–Crippen LogP) is 3.97. The molecule has 2 heterocycles. The van der Waals surface area contributed by atoms with Crippen LogP contribution in [-0.2, 0) is 12.7 Å². The largest absolute Gasteiger partial charge is 0.454 e. The van der Waals surface area contributed by atoms with E-state index < -0.39 is 11.7 Å². The normalized spacial score (nSPS) is 12.7. The van der Waals surface area contributed by atoms with E-state index in [4.69, 9.17) is 9.47 Å². The maximum absolute atomic E-state index is 13.1. The second-order valence-electron chi connectivity index (χ2n) is 5.87. The van der Waals surface area contributed by atoms with Crippen LogP contribution in [0.1, 0.15) is 11.1 Å². The summed E-state index contributed by atoms with van der Waals surface area (Å²) in [6, 6.07) is 10.6. The minimum atomic E-state index is -4.48. The van der Waals surface area contributed by atoms with E-state index in [1.54, 1.807) is 6.07 Å². The number of fused-ring (bicyclic) bond motifs is 1. The van der Waals surface area contributed by atoms with Gasteiger partial charge >= 0.3 is 6.18 Å². The first-order chi connectivity index (χ1) is 13.5. The zero-order valence-corrected chi connectivity index (χ0v) is 14.3. The van der Waals surface area contributed by atoms with Crippen LogP contribution in [0, 0.1) is 0 Å². The molecule has 0 spiro atoms. The van der Waals surface area contributed by atoms with Gasteiger partial charge in [-0.05, 0) is 29.8 Å². The molecule has 1 aromatic heterocycles. The number of hydrogen-bond donors (Lipinski definition) is 2. The molecule has 1 aliphatic rings. The molecule has 2 N–H and O–H groups in total. The van der Waals surface area contributed by atoms with Crippen LogP contribution in [0.25, 0.3) is 0 Å². The van der Waals surface area contributed by atoms with Crippen molar-refractivity contribution in [1.29, 1.82) is 0 Å². The minimum absolute atomic E-state index is 0.114. The van der Waals surface area contributed by atoms with E-state index in [2.05, 4.69) is 25.8 Å². The highest BCUT2D eigenvalue weighted by molar-refractivity contribution is 5.61. The number of alkyl halides is 3. The number of nitrogens with one attached hydrogen (secondary N) is 2. The van der Waals surface area contributed by atoms with Crippen LogP contribution in [0.4, 0.5) is 30.6 Å². The summed E-state index contributed by atoms with van der Waals surface area (Å²) in [6.07, 6.45) is -3.23. The number of halogens is 3. The van der Waals surface area contributed by atoms with Crippen molar-refractivity contribution in [2.45, 2.75) is 12.7 Å². The molecule has 28 heavy (non-hydrogen) atoms. The third-order valence-electron chi connectivity index (χ3n) is 3.94. The highest BCUT2D eigenvalue weighted by Crippen LogP contribution is 2.35. The number of hydrogen-bond acceptors (Lipinski definition) is 7. The average molecular weight is 389 g/mol. The second-order valence-corrected chi connectivity index (χ2v) is 5.87. The summed E-state index contributed by atoms with van der Waals surface area (Å²) < 4.78 is 49.9. The second kappa shape index (κ2) is 7.22. The molecule has 0 radical (unpaired) electrons. The standard InChI is InChI=1S/C18H14F3N5O2/c19-18(20,21)12-3-1-2-4-13(12)24-16-9-23-26-17(25-16)22-8-11-5-6-14-15(7-11)28-10-27-14/h1-7,9H,8,10H2,(H2,22,24,25,26). The zero-order chi connectivity index (χ0) is 19.6. The molecule has 0 atom stereocenters. The molecule has 2 aromatic carbocycles. The maximum atomic E-state index is 13.1. The molecule has 0 amide bonds. The molecule has 0 aliphatic carbocycles. The van der Waals surface area contributed by atoms with Crippen LogP contribution in [-0.4, -0.2) is 22.0 Å². The number of anilines is 3. The molecule has 3 aromatic rings. The van der Waals surface area contributed by atoms with Gasteiger partial charge in [-0.25, -0.2) is 0 Å². The van der Waals surface area contributed by atoms with Gasteiger partial charge in [0.05, 0.1) is 17.4 Å². The van der Waals surface area contributed by atoms with Crippen LogP contribution < -0.4 is 20.1 Å². The number of ether oxygens (including phenoxy) is 2. The van der Waals surface area contributed by atoms with Crippen molar-refractivity contribution in [2.75, 3.05) is 17.4 Å². The summed E-state index contributed by atoms with van der Waals surface area (Å²) in [4.78, 5) is 4.16. The Morgan fingerprint density at radius 3 is 2.71 bits per heavy atom.